The molecule has 0 bridgehead atoms. The van der Waals surface area contributed by atoms with Gasteiger partial charge in [-0.05, 0) is 26.2 Å². The molecule has 90 valence electrons. The molecule has 0 aromatic rings. The van der Waals surface area contributed by atoms with Gasteiger partial charge in [0.1, 0.15) is 5.78 Å². The highest BCUT2D eigenvalue weighted by atomic mass is 16.5. The van der Waals surface area contributed by atoms with E-state index in [0.29, 0.717) is 18.8 Å². The summed E-state index contributed by atoms with van der Waals surface area (Å²) in [5, 5.41) is 0. The first-order valence-electron chi connectivity index (χ1n) is 6.08. The van der Waals surface area contributed by atoms with Crippen molar-refractivity contribution in [2.75, 3.05) is 13.7 Å². The summed E-state index contributed by atoms with van der Waals surface area (Å²) in [6.45, 7) is 4.82. The van der Waals surface area contributed by atoms with Crippen molar-refractivity contribution >= 4 is 5.78 Å². The number of allylic oxidation sites excluding steroid dienone is 3. The third-order valence-electron chi connectivity index (χ3n) is 3.06. The van der Waals surface area contributed by atoms with Crippen LogP contribution in [0.15, 0.2) is 23.3 Å². The highest BCUT2D eigenvalue weighted by molar-refractivity contribution is 5.86. The predicted octanol–water partition coefficient (Wildman–Crippen LogP) is 3.28. The second-order valence-corrected chi connectivity index (χ2v) is 4.36. The fraction of sp³-hybridized carbons (Fsp3) is 0.643. The summed E-state index contributed by atoms with van der Waals surface area (Å²) < 4.78 is 5.10. The van der Waals surface area contributed by atoms with Crippen molar-refractivity contribution in [1.82, 2.24) is 0 Å². The van der Waals surface area contributed by atoms with Crippen LogP contribution in [0.4, 0.5) is 0 Å². The standard InChI is InChI=1S/C14H22O2/c1-4-6-13(15)14-11(2)7-5-8-12(14)9-10-16-3/h7-8,14H,4-6,9-10H2,1-3H3. The maximum atomic E-state index is 12.1. The summed E-state index contributed by atoms with van der Waals surface area (Å²) in [4.78, 5) is 12.1. The van der Waals surface area contributed by atoms with Crippen LogP contribution in [0.3, 0.4) is 0 Å². The molecular weight excluding hydrogens is 200 g/mol. The molecule has 0 N–H and O–H groups in total. The molecule has 0 saturated carbocycles. The van der Waals surface area contributed by atoms with Crippen LogP contribution in [-0.2, 0) is 9.53 Å². The molecule has 0 aromatic carbocycles. The summed E-state index contributed by atoms with van der Waals surface area (Å²) in [6.07, 6.45) is 7.79. The fourth-order valence-corrected chi connectivity index (χ4v) is 2.24. The molecular formula is C14H22O2. The van der Waals surface area contributed by atoms with Gasteiger partial charge in [-0.25, -0.2) is 0 Å². The number of rotatable bonds is 6. The van der Waals surface area contributed by atoms with Gasteiger partial charge in [0.05, 0.1) is 5.92 Å². The lowest BCUT2D eigenvalue weighted by atomic mass is 9.81. The number of Topliss-reactive ketones (excluding diaryl/α,β-unsaturated/α-hetero) is 1. The molecule has 0 aliphatic heterocycles. The largest absolute Gasteiger partial charge is 0.384 e. The van der Waals surface area contributed by atoms with Crippen molar-refractivity contribution in [3.05, 3.63) is 23.3 Å². The SMILES string of the molecule is CCCC(=O)C1C(C)=CCC=C1CCOC. The van der Waals surface area contributed by atoms with Crippen LogP contribution in [0.1, 0.15) is 39.5 Å². The third kappa shape index (κ3) is 3.31. The Kier molecular flexibility index (Phi) is 5.47. The second-order valence-electron chi connectivity index (χ2n) is 4.36. The second kappa shape index (κ2) is 6.64. The van der Waals surface area contributed by atoms with Crippen LogP contribution in [0.25, 0.3) is 0 Å². The molecule has 1 aliphatic carbocycles. The van der Waals surface area contributed by atoms with Crippen molar-refractivity contribution in [2.24, 2.45) is 5.92 Å². The lowest BCUT2D eigenvalue weighted by molar-refractivity contribution is -0.121. The number of ketones is 1. The molecule has 0 radical (unpaired) electrons. The summed E-state index contributed by atoms with van der Waals surface area (Å²) in [5.41, 5.74) is 2.47. The van der Waals surface area contributed by atoms with Gasteiger partial charge >= 0.3 is 0 Å². The zero-order chi connectivity index (χ0) is 12.0. The van der Waals surface area contributed by atoms with Crippen LogP contribution >= 0.6 is 0 Å². The lowest BCUT2D eigenvalue weighted by Gasteiger charge is -2.23. The first kappa shape index (κ1) is 13.2. The van der Waals surface area contributed by atoms with Gasteiger partial charge in [-0.2, -0.15) is 0 Å². The van der Waals surface area contributed by atoms with E-state index in [1.54, 1.807) is 7.11 Å². The van der Waals surface area contributed by atoms with Crippen LogP contribution in [0.2, 0.25) is 0 Å². The summed E-state index contributed by atoms with van der Waals surface area (Å²) in [7, 11) is 1.70. The van der Waals surface area contributed by atoms with Crippen molar-refractivity contribution in [2.45, 2.75) is 39.5 Å². The predicted molar refractivity (Wildman–Crippen MR) is 66.4 cm³/mol. The smallest absolute Gasteiger partial charge is 0.144 e. The topological polar surface area (TPSA) is 26.3 Å². The Labute approximate surface area is 98.4 Å². The summed E-state index contributed by atoms with van der Waals surface area (Å²) in [6, 6.07) is 0. The Balaban J connectivity index is 2.73. The van der Waals surface area contributed by atoms with Gasteiger partial charge in [0, 0.05) is 20.1 Å². The molecule has 0 amide bonds. The van der Waals surface area contributed by atoms with Crippen LogP contribution in [0.5, 0.6) is 0 Å². The van der Waals surface area contributed by atoms with Crippen molar-refractivity contribution < 1.29 is 9.53 Å². The molecule has 1 atom stereocenters. The zero-order valence-corrected chi connectivity index (χ0v) is 10.6. The highest BCUT2D eigenvalue weighted by Crippen LogP contribution is 2.30. The number of carbonyl (C=O) groups is 1. The molecule has 1 rings (SSSR count). The van der Waals surface area contributed by atoms with Crippen LogP contribution in [-0.4, -0.2) is 19.5 Å². The summed E-state index contributed by atoms with van der Waals surface area (Å²) >= 11 is 0. The average Bonchev–Trinajstić information content (AvgIpc) is 2.26. The minimum atomic E-state index is 0.0313. The van der Waals surface area contributed by atoms with Gasteiger partial charge in [-0.3, -0.25) is 4.79 Å². The molecule has 1 unspecified atom stereocenters. The van der Waals surface area contributed by atoms with E-state index in [9.17, 15) is 4.79 Å². The number of ether oxygens (including phenoxy) is 1. The van der Waals surface area contributed by atoms with Gasteiger partial charge in [0.2, 0.25) is 0 Å². The monoisotopic (exact) mass is 222 g/mol. The lowest BCUT2D eigenvalue weighted by Crippen LogP contribution is -2.21. The molecule has 0 fully saturated rings. The highest BCUT2D eigenvalue weighted by Gasteiger charge is 2.24. The van der Waals surface area contributed by atoms with Crippen molar-refractivity contribution in [3.8, 4) is 0 Å². The Morgan fingerprint density at radius 1 is 1.50 bits per heavy atom. The zero-order valence-electron chi connectivity index (χ0n) is 10.6. The van der Waals surface area contributed by atoms with E-state index in [4.69, 9.17) is 4.74 Å². The number of hydrogen-bond acceptors (Lipinski definition) is 2. The Morgan fingerprint density at radius 2 is 2.25 bits per heavy atom. The molecule has 0 spiro atoms. The quantitative estimate of drug-likeness (QED) is 0.645. The third-order valence-corrected chi connectivity index (χ3v) is 3.06. The Morgan fingerprint density at radius 3 is 2.88 bits per heavy atom. The fourth-order valence-electron chi connectivity index (χ4n) is 2.24. The molecule has 16 heavy (non-hydrogen) atoms. The van der Waals surface area contributed by atoms with Crippen LogP contribution < -0.4 is 0 Å². The van der Waals surface area contributed by atoms with Gasteiger partial charge < -0.3 is 4.74 Å². The molecule has 2 heteroatoms. The Hall–Kier alpha value is -0.890. The summed E-state index contributed by atoms with van der Waals surface area (Å²) in [5.74, 6) is 0.391. The molecule has 0 aromatic heterocycles. The molecule has 2 nitrogen and oxygen atoms in total. The van der Waals surface area contributed by atoms with Gasteiger partial charge in [0.25, 0.3) is 0 Å². The molecule has 1 aliphatic rings. The number of hydrogen-bond donors (Lipinski definition) is 0. The number of methoxy groups -OCH3 is 1. The average molecular weight is 222 g/mol. The van der Waals surface area contributed by atoms with E-state index in [1.165, 1.54) is 11.1 Å². The van der Waals surface area contributed by atoms with E-state index in [2.05, 4.69) is 26.0 Å². The first-order chi connectivity index (χ1) is 7.70. The minimum Gasteiger partial charge on any atom is -0.384 e. The van der Waals surface area contributed by atoms with E-state index in [-0.39, 0.29) is 5.92 Å². The van der Waals surface area contributed by atoms with E-state index in [0.717, 1.165) is 19.3 Å². The van der Waals surface area contributed by atoms with Crippen molar-refractivity contribution in [3.63, 3.8) is 0 Å². The molecule has 0 saturated heterocycles. The van der Waals surface area contributed by atoms with Gasteiger partial charge in [0.15, 0.2) is 0 Å². The van der Waals surface area contributed by atoms with E-state index in [1.807, 2.05) is 0 Å². The maximum absolute atomic E-state index is 12.1. The van der Waals surface area contributed by atoms with E-state index >= 15 is 0 Å². The molecule has 0 heterocycles. The number of carbonyl (C=O) groups excluding carboxylic acids is 1. The van der Waals surface area contributed by atoms with Gasteiger partial charge in [-0.15, -0.1) is 0 Å². The van der Waals surface area contributed by atoms with E-state index < -0.39 is 0 Å². The minimum absolute atomic E-state index is 0.0313. The maximum Gasteiger partial charge on any atom is 0.144 e. The normalized spacial score (nSPS) is 20.3. The van der Waals surface area contributed by atoms with Crippen LogP contribution in [0, 0.1) is 5.92 Å². The van der Waals surface area contributed by atoms with Gasteiger partial charge in [-0.1, -0.05) is 30.2 Å². The van der Waals surface area contributed by atoms with Crippen molar-refractivity contribution in [1.29, 1.82) is 0 Å². The first-order valence-corrected chi connectivity index (χ1v) is 6.08. The Bertz CT molecular complexity index is 300.